The van der Waals surface area contributed by atoms with Crippen molar-refractivity contribution in [2.24, 2.45) is 11.8 Å². The molecule has 0 heterocycles. The second kappa shape index (κ2) is 3.09. The fourth-order valence-electron chi connectivity index (χ4n) is 1.58. The first-order chi connectivity index (χ1) is 5.52. The van der Waals surface area contributed by atoms with Crippen LogP contribution in [0, 0.1) is 11.8 Å². The maximum absolute atomic E-state index is 10.9. The quantitative estimate of drug-likeness (QED) is 0.631. The molecule has 0 amide bonds. The van der Waals surface area contributed by atoms with Crippen LogP contribution in [0.4, 0.5) is 0 Å². The normalized spacial score (nSPS) is 28.9. The number of Topliss-reactive ketones (excluding diaryl/α,β-unsaturated/α-hetero) is 1. The summed E-state index contributed by atoms with van der Waals surface area (Å²) in [6.45, 7) is 5.16. The molecular formula is C9H12O3. The summed E-state index contributed by atoms with van der Waals surface area (Å²) in [5.74, 6) is -1.40. The van der Waals surface area contributed by atoms with Crippen LogP contribution in [0.3, 0.4) is 0 Å². The third kappa shape index (κ3) is 1.55. The lowest BCUT2D eigenvalue weighted by atomic mass is 10.0. The fourth-order valence-corrected chi connectivity index (χ4v) is 1.58. The SMILES string of the molecule is C=C1CC(C(C)=O)CC1C(=O)O. The number of carbonyl (C=O) groups excluding carboxylic acids is 1. The first kappa shape index (κ1) is 8.97. The summed E-state index contributed by atoms with van der Waals surface area (Å²) >= 11 is 0. The van der Waals surface area contributed by atoms with Crippen molar-refractivity contribution in [2.45, 2.75) is 19.8 Å². The second-order valence-electron chi connectivity index (χ2n) is 3.30. The van der Waals surface area contributed by atoms with Gasteiger partial charge in [-0.2, -0.15) is 0 Å². The second-order valence-corrected chi connectivity index (χ2v) is 3.30. The van der Waals surface area contributed by atoms with E-state index in [2.05, 4.69) is 6.58 Å². The zero-order valence-electron chi connectivity index (χ0n) is 7.04. The molecule has 1 N–H and O–H groups in total. The van der Waals surface area contributed by atoms with Crippen LogP contribution in [0.15, 0.2) is 12.2 Å². The maximum Gasteiger partial charge on any atom is 0.310 e. The summed E-state index contributed by atoms with van der Waals surface area (Å²) in [6, 6.07) is 0. The van der Waals surface area contributed by atoms with E-state index in [0.717, 1.165) is 0 Å². The number of ketones is 1. The van der Waals surface area contributed by atoms with Crippen molar-refractivity contribution < 1.29 is 14.7 Å². The number of rotatable bonds is 2. The van der Waals surface area contributed by atoms with E-state index in [0.29, 0.717) is 18.4 Å². The smallest absolute Gasteiger partial charge is 0.310 e. The molecule has 2 unspecified atom stereocenters. The Bertz CT molecular complexity index is 242. The highest BCUT2D eigenvalue weighted by atomic mass is 16.4. The Morgan fingerprint density at radius 1 is 1.58 bits per heavy atom. The number of hydrogen-bond donors (Lipinski definition) is 1. The molecule has 1 rings (SSSR count). The van der Waals surface area contributed by atoms with Gasteiger partial charge in [0.15, 0.2) is 0 Å². The van der Waals surface area contributed by atoms with Gasteiger partial charge in [-0.15, -0.1) is 0 Å². The number of aliphatic carboxylic acids is 1. The van der Waals surface area contributed by atoms with E-state index in [-0.39, 0.29) is 11.7 Å². The van der Waals surface area contributed by atoms with E-state index in [1.54, 1.807) is 0 Å². The number of carboxylic acids is 1. The van der Waals surface area contributed by atoms with Gasteiger partial charge in [-0.1, -0.05) is 12.2 Å². The molecule has 0 aromatic carbocycles. The van der Waals surface area contributed by atoms with Gasteiger partial charge in [0, 0.05) is 5.92 Å². The Morgan fingerprint density at radius 3 is 2.42 bits per heavy atom. The van der Waals surface area contributed by atoms with Crippen LogP contribution in [-0.4, -0.2) is 16.9 Å². The van der Waals surface area contributed by atoms with E-state index < -0.39 is 11.9 Å². The molecule has 12 heavy (non-hydrogen) atoms. The van der Waals surface area contributed by atoms with E-state index in [9.17, 15) is 9.59 Å². The summed E-state index contributed by atoms with van der Waals surface area (Å²) in [6.07, 6.45) is 0.982. The topological polar surface area (TPSA) is 54.4 Å². The zero-order chi connectivity index (χ0) is 9.30. The van der Waals surface area contributed by atoms with Gasteiger partial charge in [0.2, 0.25) is 0 Å². The zero-order valence-corrected chi connectivity index (χ0v) is 7.04. The highest BCUT2D eigenvalue weighted by Crippen LogP contribution is 2.35. The Labute approximate surface area is 71.1 Å². The fraction of sp³-hybridized carbons (Fsp3) is 0.556. The molecule has 0 spiro atoms. The van der Waals surface area contributed by atoms with E-state index in [1.165, 1.54) is 6.92 Å². The van der Waals surface area contributed by atoms with Crippen molar-refractivity contribution >= 4 is 11.8 Å². The first-order valence-electron chi connectivity index (χ1n) is 3.93. The highest BCUT2D eigenvalue weighted by molar-refractivity contribution is 5.82. The summed E-state index contributed by atoms with van der Waals surface area (Å²) in [5.41, 5.74) is 0.683. The number of hydrogen-bond acceptors (Lipinski definition) is 2. The largest absolute Gasteiger partial charge is 0.481 e. The first-order valence-corrected chi connectivity index (χ1v) is 3.93. The van der Waals surface area contributed by atoms with Crippen LogP contribution in [0.2, 0.25) is 0 Å². The number of carboxylic acid groups (broad SMARTS) is 1. The summed E-state index contributed by atoms with van der Waals surface area (Å²) in [5, 5.41) is 8.71. The van der Waals surface area contributed by atoms with Gasteiger partial charge in [0.25, 0.3) is 0 Å². The minimum absolute atomic E-state index is 0.0694. The minimum atomic E-state index is -0.858. The van der Waals surface area contributed by atoms with Crippen LogP contribution >= 0.6 is 0 Å². The van der Waals surface area contributed by atoms with E-state index >= 15 is 0 Å². The van der Waals surface area contributed by atoms with Crippen LogP contribution in [0.5, 0.6) is 0 Å². The molecule has 2 atom stereocenters. The van der Waals surface area contributed by atoms with Gasteiger partial charge in [-0.05, 0) is 19.8 Å². The van der Waals surface area contributed by atoms with Gasteiger partial charge in [-0.3, -0.25) is 9.59 Å². The van der Waals surface area contributed by atoms with E-state index in [4.69, 9.17) is 5.11 Å². The van der Waals surface area contributed by atoms with Gasteiger partial charge in [-0.25, -0.2) is 0 Å². The maximum atomic E-state index is 10.9. The van der Waals surface area contributed by atoms with Crippen LogP contribution in [-0.2, 0) is 9.59 Å². The molecule has 0 aliphatic heterocycles. The van der Waals surface area contributed by atoms with E-state index in [1.807, 2.05) is 0 Å². The molecule has 1 aliphatic carbocycles. The molecule has 1 fully saturated rings. The molecule has 0 saturated heterocycles. The molecule has 0 bridgehead atoms. The summed E-state index contributed by atoms with van der Waals surface area (Å²) in [7, 11) is 0. The van der Waals surface area contributed by atoms with Crippen molar-refractivity contribution in [3.05, 3.63) is 12.2 Å². The third-order valence-corrected chi connectivity index (χ3v) is 2.39. The third-order valence-electron chi connectivity index (χ3n) is 2.39. The van der Waals surface area contributed by atoms with Crippen LogP contribution in [0.25, 0.3) is 0 Å². The Morgan fingerprint density at radius 2 is 2.17 bits per heavy atom. The Hall–Kier alpha value is -1.12. The van der Waals surface area contributed by atoms with Gasteiger partial charge < -0.3 is 5.11 Å². The highest BCUT2D eigenvalue weighted by Gasteiger charge is 2.34. The van der Waals surface area contributed by atoms with Gasteiger partial charge in [0.1, 0.15) is 5.78 Å². The Kier molecular flexibility index (Phi) is 2.31. The molecular weight excluding hydrogens is 156 g/mol. The summed E-state index contributed by atoms with van der Waals surface area (Å²) in [4.78, 5) is 21.5. The predicted octanol–water partition coefficient (Wildman–Crippen LogP) is 1.24. The van der Waals surface area contributed by atoms with Crippen molar-refractivity contribution in [3.8, 4) is 0 Å². The van der Waals surface area contributed by atoms with Crippen molar-refractivity contribution in [1.29, 1.82) is 0 Å². The molecule has 3 heteroatoms. The molecule has 0 radical (unpaired) electrons. The average Bonchev–Trinajstić information content (AvgIpc) is 2.30. The summed E-state index contributed by atoms with van der Waals surface area (Å²) < 4.78 is 0. The van der Waals surface area contributed by atoms with Crippen LogP contribution < -0.4 is 0 Å². The van der Waals surface area contributed by atoms with Crippen molar-refractivity contribution in [3.63, 3.8) is 0 Å². The molecule has 1 aliphatic rings. The lowest BCUT2D eigenvalue weighted by Crippen LogP contribution is -2.12. The average molecular weight is 168 g/mol. The molecule has 1 saturated carbocycles. The standard InChI is InChI=1S/C9H12O3/c1-5-3-7(6(2)10)4-8(5)9(11)12/h7-8H,1,3-4H2,2H3,(H,11,12). The minimum Gasteiger partial charge on any atom is -0.481 e. The molecule has 3 nitrogen and oxygen atoms in total. The van der Waals surface area contributed by atoms with Gasteiger partial charge >= 0.3 is 5.97 Å². The number of carbonyl (C=O) groups is 2. The molecule has 66 valence electrons. The molecule has 0 aromatic rings. The monoisotopic (exact) mass is 168 g/mol. The molecule has 0 aromatic heterocycles. The van der Waals surface area contributed by atoms with Crippen molar-refractivity contribution in [1.82, 2.24) is 0 Å². The van der Waals surface area contributed by atoms with Gasteiger partial charge in [0.05, 0.1) is 5.92 Å². The van der Waals surface area contributed by atoms with Crippen molar-refractivity contribution in [2.75, 3.05) is 0 Å². The van der Waals surface area contributed by atoms with Crippen LogP contribution in [0.1, 0.15) is 19.8 Å². The lowest BCUT2D eigenvalue weighted by Gasteiger charge is -2.03. The lowest BCUT2D eigenvalue weighted by molar-refractivity contribution is -0.140. The Balaban J connectivity index is 2.68. The predicted molar refractivity (Wildman–Crippen MR) is 43.7 cm³/mol.